The third-order valence-electron chi connectivity index (χ3n) is 2.46. The predicted molar refractivity (Wildman–Crippen MR) is 68.6 cm³/mol. The quantitative estimate of drug-likeness (QED) is 0.862. The van der Waals surface area contributed by atoms with Crippen LogP contribution >= 0.6 is 0 Å². The maximum Gasteiger partial charge on any atom is 0.276 e. The first-order valence-electron chi connectivity index (χ1n) is 5.46. The molecule has 0 atom stereocenters. The molecule has 6 nitrogen and oxygen atoms in total. The van der Waals surface area contributed by atoms with Gasteiger partial charge in [0.2, 0.25) is 0 Å². The van der Waals surface area contributed by atoms with Crippen molar-refractivity contribution in [1.82, 2.24) is 9.78 Å². The fourth-order valence-corrected chi connectivity index (χ4v) is 1.45. The molecule has 94 valence electrons. The van der Waals surface area contributed by atoms with Crippen molar-refractivity contribution in [2.75, 3.05) is 5.32 Å². The molecule has 1 aromatic heterocycles. The van der Waals surface area contributed by atoms with Crippen LogP contribution in [-0.2, 0) is 7.05 Å². The van der Waals surface area contributed by atoms with Crippen LogP contribution in [0.1, 0.15) is 16.1 Å². The van der Waals surface area contributed by atoms with E-state index >= 15 is 0 Å². The molecular weight excluding hydrogens is 244 g/mol. The molecule has 0 fully saturated rings. The minimum atomic E-state index is -0.416. The average molecular weight is 254 g/mol. The zero-order valence-corrected chi connectivity index (χ0v) is 10.1. The van der Waals surface area contributed by atoms with Crippen LogP contribution in [0.5, 0.6) is 0 Å². The summed E-state index contributed by atoms with van der Waals surface area (Å²) >= 11 is 0. The summed E-state index contributed by atoms with van der Waals surface area (Å²) < 4.78 is 1.09. The lowest BCUT2D eigenvalue weighted by Gasteiger charge is -2.05. The van der Waals surface area contributed by atoms with Crippen LogP contribution in [0, 0.1) is 11.3 Å². The van der Waals surface area contributed by atoms with Crippen LogP contribution in [0.4, 0.5) is 5.69 Å². The SMILES string of the molecule is Cn1nc(C(=O)Nc2ccc(C#N)cc2)ccc1=O. The lowest BCUT2D eigenvalue weighted by molar-refractivity contribution is 0.102. The van der Waals surface area contributed by atoms with Crippen molar-refractivity contribution in [2.45, 2.75) is 0 Å². The molecule has 1 aromatic carbocycles. The highest BCUT2D eigenvalue weighted by Gasteiger charge is 2.08. The zero-order valence-electron chi connectivity index (χ0n) is 10.1. The van der Waals surface area contributed by atoms with E-state index in [2.05, 4.69) is 10.4 Å². The lowest BCUT2D eigenvalue weighted by atomic mass is 10.2. The summed E-state index contributed by atoms with van der Waals surface area (Å²) in [6.07, 6.45) is 0. The molecule has 0 saturated carbocycles. The zero-order chi connectivity index (χ0) is 13.8. The van der Waals surface area contributed by atoms with Gasteiger partial charge in [-0.25, -0.2) is 4.68 Å². The van der Waals surface area contributed by atoms with Crippen molar-refractivity contribution >= 4 is 11.6 Å². The smallest absolute Gasteiger partial charge is 0.276 e. The number of nitrogens with one attached hydrogen (secondary N) is 1. The van der Waals surface area contributed by atoms with E-state index in [-0.39, 0.29) is 11.3 Å². The maximum atomic E-state index is 11.9. The number of hydrogen-bond acceptors (Lipinski definition) is 4. The molecule has 0 spiro atoms. The van der Waals surface area contributed by atoms with Gasteiger partial charge in [-0.1, -0.05) is 0 Å². The number of hydrogen-bond donors (Lipinski definition) is 1. The third kappa shape index (κ3) is 2.84. The Kier molecular flexibility index (Phi) is 3.39. The fourth-order valence-electron chi connectivity index (χ4n) is 1.45. The topological polar surface area (TPSA) is 87.8 Å². The molecule has 0 aliphatic heterocycles. The molecule has 19 heavy (non-hydrogen) atoms. The molecule has 1 N–H and O–H groups in total. The van der Waals surface area contributed by atoms with Gasteiger partial charge in [0.25, 0.3) is 11.5 Å². The first-order chi connectivity index (χ1) is 9.10. The van der Waals surface area contributed by atoms with Crippen molar-refractivity contribution in [3.8, 4) is 6.07 Å². The summed E-state index contributed by atoms with van der Waals surface area (Å²) in [5.74, 6) is -0.416. The number of carbonyl (C=O) groups excluding carboxylic acids is 1. The first-order valence-corrected chi connectivity index (χ1v) is 5.46. The van der Waals surface area contributed by atoms with Gasteiger partial charge in [0.1, 0.15) is 5.69 Å². The summed E-state index contributed by atoms with van der Waals surface area (Å²) in [6.45, 7) is 0. The summed E-state index contributed by atoms with van der Waals surface area (Å²) in [5, 5.41) is 15.1. The molecule has 0 bridgehead atoms. The van der Waals surface area contributed by atoms with E-state index < -0.39 is 5.91 Å². The number of aryl methyl sites for hydroxylation is 1. The van der Waals surface area contributed by atoms with Crippen molar-refractivity contribution in [1.29, 1.82) is 5.26 Å². The summed E-state index contributed by atoms with van der Waals surface area (Å²) in [7, 11) is 1.47. The lowest BCUT2D eigenvalue weighted by Crippen LogP contribution is -2.23. The molecule has 2 rings (SSSR count). The molecule has 1 amide bonds. The molecular formula is C13H10N4O2. The highest BCUT2D eigenvalue weighted by atomic mass is 16.2. The predicted octanol–water partition coefficient (Wildman–Crippen LogP) is 0.904. The van der Waals surface area contributed by atoms with Gasteiger partial charge < -0.3 is 5.32 Å². The number of nitriles is 1. The Hall–Kier alpha value is -2.94. The Labute approximate surface area is 108 Å². The van der Waals surface area contributed by atoms with Crippen LogP contribution in [-0.4, -0.2) is 15.7 Å². The van der Waals surface area contributed by atoms with E-state index in [1.807, 2.05) is 6.07 Å². The Morgan fingerprint density at radius 3 is 2.53 bits per heavy atom. The van der Waals surface area contributed by atoms with E-state index in [1.54, 1.807) is 24.3 Å². The van der Waals surface area contributed by atoms with Gasteiger partial charge in [-0.3, -0.25) is 9.59 Å². The monoisotopic (exact) mass is 254 g/mol. The van der Waals surface area contributed by atoms with Crippen LogP contribution < -0.4 is 10.9 Å². The number of nitrogens with zero attached hydrogens (tertiary/aromatic N) is 3. The van der Waals surface area contributed by atoms with Crippen molar-refractivity contribution < 1.29 is 4.79 Å². The number of rotatable bonds is 2. The van der Waals surface area contributed by atoms with Crippen LogP contribution in [0.15, 0.2) is 41.2 Å². The van der Waals surface area contributed by atoms with E-state index in [0.29, 0.717) is 11.3 Å². The summed E-state index contributed by atoms with van der Waals surface area (Å²) in [4.78, 5) is 23.0. The molecule has 0 aliphatic carbocycles. The van der Waals surface area contributed by atoms with E-state index in [1.165, 1.54) is 19.2 Å². The second kappa shape index (κ2) is 5.14. The minimum absolute atomic E-state index is 0.145. The highest BCUT2D eigenvalue weighted by Crippen LogP contribution is 2.09. The molecule has 2 aromatic rings. The van der Waals surface area contributed by atoms with E-state index in [4.69, 9.17) is 5.26 Å². The highest BCUT2D eigenvalue weighted by molar-refractivity contribution is 6.02. The number of anilines is 1. The molecule has 0 radical (unpaired) electrons. The van der Waals surface area contributed by atoms with E-state index in [9.17, 15) is 9.59 Å². The number of carbonyl (C=O) groups is 1. The molecule has 0 saturated heterocycles. The van der Waals surface area contributed by atoms with Crippen molar-refractivity contribution in [2.24, 2.45) is 7.05 Å². The first kappa shape index (κ1) is 12.5. The van der Waals surface area contributed by atoms with Gasteiger partial charge in [-0.05, 0) is 30.3 Å². The normalized spacial score (nSPS) is 9.68. The number of aromatic nitrogens is 2. The number of amides is 1. The van der Waals surface area contributed by atoms with Crippen LogP contribution in [0.3, 0.4) is 0 Å². The second-order valence-electron chi connectivity index (χ2n) is 3.82. The van der Waals surface area contributed by atoms with Gasteiger partial charge in [-0.15, -0.1) is 0 Å². The molecule has 6 heteroatoms. The molecule has 0 unspecified atom stereocenters. The van der Waals surface area contributed by atoms with Gasteiger partial charge in [0.15, 0.2) is 0 Å². The standard InChI is InChI=1S/C13H10N4O2/c1-17-12(18)7-6-11(16-17)13(19)15-10-4-2-9(8-14)3-5-10/h2-7H,1H3,(H,15,19). The fraction of sp³-hybridized carbons (Fsp3) is 0.0769. The second-order valence-corrected chi connectivity index (χ2v) is 3.82. The maximum absolute atomic E-state index is 11.9. The van der Waals surface area contributed by atoms with Gasteiger partial charge in [0, 0.05) is 18.8 Å². The van der Waals surface area contributed by atoms with Gasteiger partial charge >= 0.3 is 0 Å². The summed E-state index contributed by atoms with van der Waals surface area (Å²) in [6, 6.07) is 11.1. The van der Waals surface area contributed by atoms with E-state index in [0.717, 1.165) is 4.68 Å². The Bertz CT molecular complexity index is 711. The largest absolute Gasteiger partial charge is 0.321 e. The summed E-state index contributed by atoms with van der Waals surface area (Å²) in [5.41, 5.74) is 0.930. The third-order valence-corrected chi connectivity index (χ3v) is 2.46. The number of benzene rings is 1. The Morgan fingerprint density at radius 2 is 1.95 bits per heavy atom. The molecule has 0 aliphatic rings. The molecule has 1 heterocycles. The minimum Gasteiger partial charge on any atom is -0.321 e. The Balaban J connectivity index is 2.18. The van der Waals surface area contributed by atoms with Crippen LogP contribution in [0.2, 0.25) is 0 Å². The van der Waals surface area contributed by atoms with Gasteiger partial charge in [-0.2, -0.15) is 10.4 Å². The van der Waals surface area contributed by atoms with Gasteiger partial charge in [0.05, 0.1) is 11.6 Å². The van der Waals surface area contributed by atoms with Crippen molar-refractivity contribution in [3.05, 3.63) is 58.0 Å². The van der Waals surface area contributed by atoms with Crippen molar-refractivity contribution in [3.63, 3.8) is 0 Å². The Morgan fingerprint density at radius 1 is 1.26 bits per heavy atom. The average Bonchev–Trinajstić information content (AvgIpc) is 2.42. The van der Waals surface area contributed by atoms with Crippen LogP contribution in [0.25, 0.3) is 0 Å².